The summed E-state index contributed by atoms with van der Waals surface area (Å²) in [7, 11) is 1.54. The first kappa shape index (κ1) is 16.9. The van der Waals surface area contributed by atoms with Gasteiger partial charge in [-0.2, -0.15) is 5.10 Å². The van der Waals surface area contributed by atoms with Gasteiger partial charge in [0.25, 0.3) is 5.91 Å². The van der Waals surface area contributed by atoms with E-state index in [2.05, 4.69) is 20.8 Å². The zero-order valence-electron chi connectivity index (χ0n) is 14.1. The average molecular weight is 345 g/mol. The molecule has 0 radical (unpaired) electrons. The Hall–Kier alpha value is -2.90. The van der Waals surface area contributed by atoms with Gasteiger partial charge in [-0.05, 0) is 24.6 Å². The third-order valence-electron chi connectivity index (χ3n) is 4.37. The van der Waals surface area contributed by atoms with E-state index < -0.39 is 0 Å². The van der Waals surface area contributed by atoms with Crippen molar-refractivity contribution in [2.75, 3.05) is 13.6 Å². The molecule has 0 fully saturated rings. The van der Waals surface area contributed by atoms with Gasteiger partial charge in [-0.15, -0.1) is 0 Å². The lowest BCUT2D eigenvalue weighted by Crippen LogP contribution is -2.43. The Kier molecular flexibility index (Phi) is 4.69. The Morgan fingerprint density at radius 1 is 1.32 bits per heavy atom. The molecule has 7 nitrogen and oxygen atoms in total. The maximum atomic E-state index is 13.0. The summed E-state index contributed by atoms with van der Waals surface area (Å²) in [6, 6.07) is 5.55. The number of amides is 3. The number of carbonyl (C=O) groups excluding carboxylic acids is 2. The molecule has 3 N–H and O–H groups in total. The summed E-state index contributed by atoms with van der Waals surface area (Å²) in [4.78, 5) is 26.1. The highest BCUT2D eigenvalue weighted by atomic mass is 19.1. The van der Waals surface area contributed by atoms with Crippen molar-refractivity contribution in [2.45, 2.75) is 25.9 Å². The number of H-pyrrole nitrogens is 1. The van der Waals surface area contributed by atoms with Crippen LogP contribution in [-0.2, 0) is 13.0 Å². The second-order valence-corrected chi connectivity index (χ2v) is 6.00. The van der Waals surface area contributed by atoms with Gasteiger partial charge >= 0.3 is 6.03 Å². The second kappa shape index (κ2) is 6.92. The van der Waals surface area contributed by atoms with Gasteiger partial charge in [0.1, 0.15) is 5.82 Å². The predicted octanol–water partition coefficient (Wildman–Crippen LogP) is 1.74. The van der Waals surface area contributed by atoms with Gasteiger partial charge < -0.3 is 15.5 Å². The second-order valence-electron chi connectivity index (χ2n) is 6.00. The summed E-state index contributed by atoms with van der Waals surface area (Å²) in [5.41, 5.74) is 2.77. The molecule has 1 aliphatic rings. The van der Waals surface area contributed by atoms with Crippen molar-refractivity contribution in [3.8, 4) is 0 Å². The smallest absolute Gasteiger partial charge is 0.318 e. The molecule has 2 heterocycles. The van der Waals surface area contributed by atoms with Crippen LogP contribution in [0, 0.1) is 5.82 Å². The van der Waals surface area contributed by atoms with E-state index in [1.807, 2.05) is 6.92 Å². The molecule has 25 heavy (non-hydrogen) atoms. The molecule has 3 amide bonds. The van der Waals surface area contributed by atoms with Gasteiger partial charge in [-0.1, -0.05) is 12.1 Å². The minimum atomic E-state index is -0.312. The van der Waals surface area contributed by atoms with Gasteiger partial charge in [0.2, 0.25) is 0 Å². The molecule has 1 aliphatic heterocycles. The average Bonchev–Trinajstić information content (AvgIpc) is 3.04. The topological polar surface area (TPSA) is 90.1 Å². The zero-order valence-corrected chi connectivity index (χ0v) is 14.1. The van der Waals surface area contributed by atoms with Crippen LogP contribution in [-0.4, -0.2) is 40.6 Å². The largest absolute Gasteiger partial charge is 0.354 e. The minimum Gasteiger partial charge on any atom is -0.354 e. The molecule has 0 saturated carbocycles. The first-order chi connectivity index (χ1) is 12.0. The Balaban J connectivity index is 1.69. The van der Waals surface area contributed by atoms with Crippen LogP contribution in [0.1, 0.15) is 40.3 Å². The Bertz CT molecular complexity index is 787. The fraction of sp³-hybridized carbons (Fsp3) is 0.353. The molecule has 1 aromatic carbocycles. The van der Waals surface area contributed by atoms with Crippen LogP contribution in [0.15, 0.2) is 24.3 Å². The molecule has 132 valence electrons. The maximum Gasteiger partial charge on any atom is 0.318 e. The molecule has 0 spiro atoms. The van der Waals surface area contributed by atoms with E-state index in [1.165, 1.54) is 12.1 Å². The van der Waals surface area contributed by atoms with Crippen LogP contribution in [0.2, 0.25) is 0 Å². The molecule has 0 saturated heterocycles. The van der Waals surface area contributed by atoms with Crippen molar-refractivity contribution in [3.63, 3.8) is 0 Å². The maximum absolute atomic E-state index is 13.0. The van der Waals surface area contributed by atoms with E-state index in [4.69, 9.17) is 0 Å². The van der Waals surface area contributed by atoms with Crippen molar-refractivity contribution in [2.24, 2.45) is 0 Å². The first-order valence-corrected chi connectivity index (χ1v) is 8.08. The van der Waals surface area contributed by atoms with Gasteiger partial charge in [-0.25, -0.2) is 9.18 Å². The highest BCUT2D eigenvalue weighted by molar-refractivity contribution is 5.94. The lowest BCUT2D eigenvalue weighted by molar-refractivity contribution is 0.0955. The lowest BCUT2D eigenvalue weighted by atomic mass is 10.1. The predicted molar refractivity (Wildman–Crippen MR) is 89.4 cm³/mol. The standard InChI is InChI=1S/C17H20FN5O2/c1-10(11-3-5-12(18)6-4-11)20-17(25)23-8-7-14-13(9-23)15(22-21-14)16(24)19-2/h3-6,10H,7-9H2,1-2H3,(H,19,24)(H,20,25)(H,21,22)/t10-/m1/s1. The minimum absolute atomic E-state index is 0.230. The summed E-state index contributed by atoms with van der Waals surface area (Å²) >= 11 is 0. The van der Waals surface area contributed by atoms with Crippen molar-refractivity contribution in [1.29, 1.82) is 0 Å². The lowest BCUT2D eigenvalue weighted by Gasteiger charge is -2.28. The van der Waals surface area contributed by atoms with E-state index in [0.717, 1.165) is 16.8 Å². The van der Waals surface area contributed by atoms with Crippen LogP contribution in [0.25, 0.3) is 0 Å². The van der Waals surface area contributed by atoms with E-state index in [1.54, 1.807) is 24.1 Å². The van der Waals surface area contributed by atoms with Crippen LogP contribution in [0.5, 0.6) is 0 Å². The van der Waals surface area contributed by atoms with Crippen LogP contribution < -0.4 is 10.6 Å². The highest BCUT2D eigenvalue weighted by Crippen LogP contribution is 2.21. The van der Waals surface area contributed by atoms with Crippen molar-refractivity contribution < 1.29 is 14.0 Å². The molecule has 2 aromatic rings. The molecule has 1 atom stereocenters. The summed E-state index contributed by atoms with van der Waals surface area (Å²) in [6.07, 6.45) is 0.609. The third kappa shape index (κ3) is 3.47. The van der Waals surface area contributed by atoms with E-state index in [9.17, 15) is 14.0 Å². The van der Waals surface area contributed by atoms with Gasteiger partial charge in [0, 0.05) is 31.3 Å². The number of carbonyl (C=O) groups is 2. The fourth-order valence-corrected chi connectivity index (χ4v) is 2.89. The van der Waals surface area contributed by atoms with E-state index in [0.29, 0.717) is 25.2 Å². The molecule has 1 aromatic heterocycles. The number of hydrogen-bond donors (Lipinski definition) is 3. The quantitative estimate of drug-likeness (QED) is 0.791. The Morgan fingerprint density at radius 2 is 2.04 bits per heavy atom. The number of aromatic amines is 1. The number of rotatable bonds is 3. The molecule has 0 aliphatic carbocycles. The first-order valence-electron chi connectivity index (χ1n) is 8.08. The monoisotopic (exact) mass is 345 g/mol. The number of urea groups is 1. The van der Waals surface area contributed by atoms with Crippen molar-refractivity contribution >= 4 is 11.9 Å². The number of halogens is 1. The Morgan fingerprint density at radius 3 is 2.72 bits per heavy atom. The summed E-state index contributed by atoms with van der Waals surface area (Å²) in [6.45, 7) is 2.69. The SMILES string of the molecule is CNC(=O)c1n[nH]c2c1CN(C(=O)N[C@H](C)c1ccc(F)cc1)CC2. The summed E-state index contributed by atoms with van der Waals surface area (Å²) in [5.74, 6) is -0.591. The van der Waals surface area contributed by atoms with E-state index in [-0.39, 0.29) is 23.8 Å². The van der Waals surface area contributed by atoms with Crippen LogP contribution in [0.3, 0.4) is 0 Å². The number of benzene rings is 1. The number of nitrogens with one attached hydrogen (secondary N) is 3. The van der Waals surface area contributed by atoms with Crippen molar-refractivity contribution in [3.05, 3.63) is 52.6 Å². The fourth-order valence-electron chi connectivity index (χ4n) is 2.89. The third-order valence-corrected chi connectivity index (χ3v) is 4.37. The Labute approximate surface area is 144 Å². The van der Waals surface area contributed by atoms with Crippen LogP contribution >= 0.6 is 0 Å². The number of aromatic nitrogens is 2. The number of nitrogens with zero attached hydrogens (tertiary/aromatic N) is 2. The van der Waals surface area contributed by atoms with E-state index >= 15 is 0 Å². The molecule has 3 rings (SSSR count). The molecule has 0 bridgehead atoms. The zero-order chi connectivity index (χ0) is 18.0. The molecular weight excluding hydrogens is 325 g/mol. The molecule has 8 heteroatoms. The van der Waals surface area contributed by atoms with Crippen LogP contribution in [0.4, 0.5) is 9.18 Å². The number of hydrogen-bond acceptors (Lipinski definition) is 3. The van der Waals surface area contributed by atoms with Gasteiger partial charge in [-0.3, -0.25) is 9.89 Å². The van der Waals surface area contributed by atoms with Crippen molar-refractivity contribution in [1.82, 2.24) is 25.7 Å². The van der Waals surface area contributed by atoms with Gasteiger partial charge in [0.05, 0.1) is 12.6 Å². The normalized spacial score (nSPS) is 14.6. The number of fused-ring (bicyclic) bond motifs is 1. The summed E-state index contributed by atoms with van der Waals surface area (Å²) < 4.78 is 13.0. The molecule has 0 unspecified atom stereocenters. The molecular formula is C17H20FN5O2. The van der Waals surface area contributed by atoms with Gasteiger partial charge in [0.15, 0.2) is 5.69 Å². The highest BCUT2D eigenvalue weighted by Gasteiger charge is 2.28. The summed E-state index contributed by atoms with van der Waals surface area (Å²) in [5, 5.41) is 12.4.